The number of hydrogen-bond donors (Lipinski definition) is 2. The molecule has 1 amide bonds. The second kappa shape index (κ2) is 10.7. The molecule has 4 rings (SSSR count). The number of amides is 1. The summed E-state index contributed by atoms with van der Waals surface area (Å²) in [4.78, 5) is 17.7. The lowest BCUT2D eigenvalue weighted by Gasteiger charge is -2.23. The number of halogens is 1. The second-order valence-corrected chi connectivity index (χ2v) is 9.07. The van der Waals surface area contributed by atoms with Gasteiger partial charge in [0, 0.05) is 29.3 Å². The van der Waals surface area contributed by atoms with Crippen LogP contribution in [0, 0.1) is 37.4 Å². The molecule has 0 aliphatic carbocycles. The molecule has 5 nitrogen and oxygen atoms in total. The van der Waals surface area contributed by atoms with Crippen LogP contribution in [0.5, 0.6) is 5.75 Å². The van der Waals surface area contributed by atoms with Crippen LogP contribution in [0.25, 0.3) is 0 Å². The number of nitrogens with zero attached hydrogens (tertiary/aromatic N) is 1. The van der Waals surface area contributed by atoms with E-state index in [-0.39, 0.29) is 29.0 Å². The fraction of sp³-hybridized carbons (Fsp3) is 0.310. The van der Waals surface area contributed by atoms with Crippen molar-refractivity contribution in [2.45, 2.75) is 45.8 Å². The Balaban J connectivity index is 1.63. The normalized spacial score (nSPS) is 18.3. The third kappa shape index (κ3) is 6.26. The van der Waals surface area contributed by atoms with Crippen molar-refractivity contribution < 1.29 is 19.0 Å². The molecule has 180 valence electrons. The largest absolute Gasteiger partial charge is 0.508 e. The number of pyridine rings is 1. The molecule has 0 radical (unpaired) electrons. The van der Waals surface area contributed by atoms with Gasteiger partial charge in [-0.3, -0.25) is 4.79 Å². The summed E-state index contributed by atoms with van der Waals surface area (Å²) in [5.41, 5.74) is 3.62. The highest BCUT2D eigenvalue weighted by atomic mass is 19.1. The van der Waals surface area contributed by atoms with Gasteiger partial charge >= 0.3 is 0 Å². The Labute approximate surface area is 205 Å². The van der Waals surface area contributed by atoms with Crippen molar-refractivity contribution in [1.82, 2.24) is 10.3 Å². The molecule has 1 aliphatic rings. The lowest BCUT2D eigenvalue weighted by molar-refractivity contribution is 0.0144. The molecule has 0 saturated carbocycles. The van der Waals surface area contributed by atoms with Gasteiger partial charge in [0.05, 0.1) is 12.1 Å². The summed E-state index contributed by atoms with van der Waals surface area (Å²) in [5, 5.41) is 13.4. The van der Waals surface area contributed by atoms with Crippen LogP contribution in [0.15, 0.2) is 54.6 Å². The number of nitrogens with one attached hydrogen (secondary N) is 1. The number of benzene rings is 2. The summed E-state index contributed by atoms with van der Waals surface area (Å²) in [6.45, 7) is 6.52. The average molecular weight is 473 g/mol. The van der Waals surface area contributed by atoms with E-state index in [9.17, 15) is 14.3 Å². The van der Waals surface area contributed by atoms with Gasteiger partial charge in [0.15, 0.2) is 0 Å². The Kier molecular flexibility index (Phi) is 7.48. The van der Waals surface area contributed by atoms with E-state index >= 15 is 0 Å². The number of carbonyl (C=O) groups excluding carboxylic acids is 1. The summed E-state index contributed by atoms with van der Waals surface area (Å²) < 4.78 is 19.6. The van der Waals surface area contributed by atoms with Crippen LogP contribution in [0.1, 0.15) is 64.2 Å². The van der Waals surface area contributed by atoms with Gasteiger partial charge in [-0.05, 0) is 69.5 Å². The Morgan fingerprint density at radius 1 is 1.17 bits per heavy atom. The van der Waals surface area contributed by atoms with Gasteiger partial charge in [-0.2, -0.15) is 0 Å². The quantitative estimate of drug-likeness (QED) is 0.510. The highest BCUT2D eigenvalue weighted by Gasteiger charge is 2.23. The molecule has 1 saturated heterocycles. The number of hydrogen-bond acceptors (Lipinski definition) is 4. The minimum absolute atomic E-state index is 0.105. The van der Waals surface area contributed by atoms with Crippen LogP contribution in [-0.2, 0) is 4.74 Å². The lowest BCUT2D eigenvalue weighted by atomic mass is 9.96. The van der Waals surface area contributed by atoms with Crippen molar-refractivity contribution in [3.05, 3.63) is 94.1 Å². The van der Waals surface area contributed by atoms with E-state index < -0.39 is 17.8 Å². The maximum atomic E-state index is 14.1. The Morgan fingerprint density at radius 2 is 1.94 bits per heavy atom. The minimum atomic E-state index is -0.764. The summed E-state index contributed by atoms with van der Waals surface area (Å²) >= 11 is 0. The van der Waals surface area contributed by atoms with Crippen LogP contribution in [-0.4, -0.2) is 28.7 Å². The standard InChI is InChI=1S/C29H29FN2O3/c1-18-4-8-23(9-5-18)28(25-17-24(30)10-11-27(25)33)32-29(34)26-16-22(14-19(2)31-26)7-6-21-12-13-35-20(3)15-21/h4-5,8-11,14,16-17,20-21,28,33H,12-13,15H2,1-3H3,(H,32,34)/t20-,21+,28?/m1/s1. The van der Waals surface area contributed by atoms with E-state index in [1.54, 1.807) is 6.07 Å². The van der Waals surface area contributed by atoms with Crippen molar-refractivity contribution in [2.24, 2.45) is 5.92 Å². The highest BCUT2D eigenvalue weighted by Crippen LogP contribution is 2.30. The Hall–Kier alpha value is -3.69. The first kappa shape index (κ1) is 24.4. The number of phenolic OH excluding ortho intramolecular Hbond substituents is 1. The van der Waals surface area contributed by atoms with Gasteiger partial charge in [0.1, 0.15) is 17.3 Å². The molecule has 3 aromatic rings. The first-order valence-corrected chi connectivity index (χ1v) is 11.8. The lowest BCUT2D eigenvalue weighted by Crippen LogP contribution is -2.30. The molecular weight excluding hydrogens is 443 g/mol. The molecule has 1 aliphatic heterocycles. The van der Waals surface area contributed by atoms with E-state index in [2.05, 4.69) is 22.1 Å². The van der Waals surface area contributed by atoms with Crippen LogP contribution in [0.2, 0.25) is 0 Å². The molecule has 1 unspecified atom stereocenters. The van der Waals surface area contributed by atoms with Crippen molar-refractivity contribution >= 4 is 5.91 Å². The molecule has 6 heteroatoms. The summed E-state index contributed by atoms with van der Waals surface area (Å²) in [7, 11) is 0. The van der Waals surface area contributed by atoms with E-state index in [0.29, 0.717) is 23.4 Å². The van der Waals surface area contributed by atoms with Crippen LogP contribution < -0.4 is 5.32 Å². The number of aryl methyl sites for hydroxylation is 2. The maximum absolute atomic E-state index is 14.1. The Bertz CT molecular complexity index is 1280. The summed E-state index contributed by atoms with van der Waals surface area (Å²) in [6.07, 6.45) is 1.98. The van der Waals surface area contributed by atoms with Crippen molar-refractivity contribution in [1.29, 1.82) is 0 Å². The fourth-order valence-electron chi connectivity index (χ4n) is 4.23. The van der Waals surface area contributed by atoms with Gasteiger partial charge in [-0.15, -0.1) is 0 Å². The first-order chi connectivity index (χ1) is 16.8. The molecule has 2 N–H and O–H groups in total. The van der Waals surface area contributed by atoms with Crippen LogP contribution in [0.3, 0.4) is 0 Å². The molecular formula is C29H29FN2O3. The van der Waals surface area contributed by atoms with Gasteiger partial charge in [-0.25, -0.2) is 9.37 Å². The number of rotatable bonds is 4. The number of aromatic nitrogens is 1. The van der Waals surface area contributed by atoms with Crippen molar-refractivity contribution in [3.63, 3.8) is 0 Å². The van der Waals surface area contributed by atoms with E-state index in [1.807, 2.05) is 51.1 Å². The molecule has 1 aromatic heterocycles. The number of ether oxygens (including phenoxy) is 1. The minimum Gasteiger partial charge on any atom is -0.508 e. The summed E-state index contributed by atoms with van der Waals surface area (Å²) in [5.74, 6) is 5.71. The van der Waals surface area contributed by atoms with Crippen molar-refractivity contribution in [3.8, 4) is 17.6 Å². The third-order valence-electron chi connectivity index (χ3n) is 6.08. The van der Waals surface area contributed by atoms with Gasteiger partial charge in [0.25, 0.3) is 5.91 Å². The molecule has 3 atom stereocenters. The zero-order valence-electron chi connectivity index (χ0n) is 20.1. The Morgan fingerprint density at radius 3 is 2.69 bits per heavy atom. The van der Waals surface area contributed by atoms with E-state index in [1.165, 1.54) is 18.2 Å². The summed E-state index contributed by atoms with van der Waals surface area (Å²) in [6, 6.07) is 13.9. The monoisotopic (exact) mass is 472 g/mol. The van der Waals surface area contributed by atoms with Gasteiger partial charge in [0.2, 0.25) is 0 Å². The smallest absolute Gasteiger partial charge is 0.270 e. The number of carbonyl (C=O) groups is 1. The second-order valence-electron chi connectivity index (χ2n) is 9.07. The van der Waals surface area contributed by atoms with Crippen LogP contribution >= 0.6 is 0 Å². The molecule has 35 heavy (non-hydrogen) atoms. The highest BCUT2D eigenvalue weighted by molar-refractivity contribution is 5.93. The number of phenols is 1. The predicted molar refractivity (Wildman–Crippen MR) is 133 cm³/mol. The molecule has 0 spiro atoms. The third-order valence-corrected chi connectivity index (χ3v) is 6.08. The fourth-order valence-corrected chi connectivity index (χ4v) is 4.23. The molecule has 2 aromatic carbocycles. The SMILES string of the molecule is Cc1ccc(C(NC(=O)c2cc(C#C[C@H]3CCO[C@H](C)C3)cc(C)n2)c2cc(F)ccc2O)cc1. The first-order valence-electron chi connectivity index (χ1n) is 11.8. The predicted octanol–water partition coefficient (Wildman–Crippen LogP) is 5.23. The van der Waals surface area contributed by atoms with E-state index in [0.717, 1.165) is 18.4 Å². The van der Waals surface area contributed by atoms with Gasteiger partial charge < -0.3 is 15.2 Å². The van der Waals surface area contributed by atoms with E-state index in [4.69, 9.17) is 4.74 Å². The van der Waals surface area contributed by atoms with Crippen LogP contribution in [0.4, 0.5) is 4.39 Å². The number of aromatic hydroxyl groups is 1. The topological polar surface area (TPSA) is 71.5 Å². The zero-order valence-corrected chi connectivity index (χ0v) is 20.1. The molecule has 1 fully saturated rings. The molecule has 0 bridgehead atoms. The maximum Gasteiger partial charge on any atom is 0.270 e. The van der Waals surface area contributed by atoms with Crippen molar-refractivity contribution in [2.75, 3.05) is 6.61 Å². The average Bonchev–Trinajstić information content (AvgIpc) is 2.83. The zero-order chi connectivity index (χ0) is 24.9. The van der Waals surface area contributed by atoms with Gasteiger partial charge in [-0.1, -0.05) is 41.7 Å². The molecule has 2 heterocycles.